The molecule has 0 aliphatic heterocycles. The predicted molar refractivity (Wildman–Crippen MR) is 58.7 cm³/mol. The van der Waals surface area contributed by atoms with Crippen LogP contribution in [-0.4, -0.2) is 9.97 Å². The van der Waals surface area contributed by atoms with Crippen molar-refractivity contribution in [2.24, 2.45) is 11.8 Å². The van der Waals surface area contributed by atoms with Crippen LogP contribution >= 0.6 is 0 Å². The Morgan fingerprint density at radius 2 is 2.07 bits per heavy atom. The van der Waals surface area contributed by atoms with Gasteiger partial charge in [-0.3, -0.25) is 21.2 Å². The van der Waals surface area contributed by atoms with E-state index in [1.165, 1.54) is 32.1 Å². The lowest BCUT2D eigenvalue weighted by atomic mass is 9.83. The molecule has 4 heteroatoms. The molecule has 1 fully saturated rings. The van der Waals surface area contributed by atoms with Crippen molar-refractivity contribution < 1.29 is 0 Å². The van der Waals surface area contributed by atoms with Crippen LogP contribution in [-0.2, 0) is 0 Å². The molecule has 0 saturated heterocycles. The lowest BCUT2D eigenvalue weighted by molar-refractivity contribution is 0.269. The topological polar surface area (TPSA) is 63.8 Å². The highest BCUT2D eigenvalue weighted by Crippen LogP contribution is 2.32. The van der Waals surface area contributed by atoms with Crippen LogP contribution in [0.15, 0.2) is 18.6 Å². The van der Waals surface area contributed by atoms with Crippen molar-refractivity contribution in [1.29, 1.82) is 0 Å². The Balaban J connectivity index is 2.09. The van der Waals surface area contributed by atoms with Crippen LogP contribution in [0.5, 0.6) is 0 Å². The molecule has 1 aromatic rings. The zero-order valence-electron chi connectivity index (χ0n) is 8.89. The van der Waals surface area contributed by atoms with Gasteiger partial charge in [-0.15, -0.1) is 0 Å². The lowest BCUT2D eigenvalue weighted by Gasteiger charge is -2.28. The van der Waals surface area contributed by atoms with E-state index in [-0.39, 0.29) is 6.04 Å². The van der Waals surface area contributed by atoms with Gasteiger partial charge in [0.2, 0.25) is 0 Å². The van der Waals surface area contributed by atoms with Crippen molar-refractivity contribution in [3.63, 3.8) is 0 Å². The average Bonchev–Trinajstić information content (AvgIpc) is 2.33. The summed E-state index contributed by atoms with van der Waals surface area (Å²) in [4.78, 5) is 8.41. The number of hydrogen-bond donors (Lipinski definition) is 2. The highest BCUT2D eigenvalue weighted by Gasteiger charge is 2.24. The molecule has 1 aromatic heterocycles. The molecule has 0 radical (unpaired) electrons. The van der Waals surface area contributed by atoms with Gasteiger partial charge in [0.05, 0.1) is 17.9 Å². The van der Waals surface area contributed by atoms with Crippen LogP contribution < -0.4 is 11.3 Å². The molecule has 4 nitrogen and oxygen atoms in total. The first-order valence-corrected chi connectivity index (χ1v) is 5.64. The average molecular weight is 206 g/mol. The van der Waals surface area contributed by atoms with Gasteiger partial charge in [-0.2, -0.15) is 0 Å². The van der Waals surface area contributed by atoms with E-state index >= 15 is 0 Å². The fourth-order valence-corrected chi connectivity index (χ4v) is 2.40. The quantitative estimate of drug-likeness (QED) is 0.582. The molecule has 15 heavy (non-hydrogen) atoms. The summed E-state index contributed by atoms with van der Waals surface area (Å²) in [5.74, 6) is 6.23. The summed E-state index contributed by atoms with van der Waals surface area (Å²) >= 11 is 0. The number of rotatable bonds is 3. The normalized spacial score (nSPS) is 20.1. The monoisotopic (exact) mass is 206 g/mol. The van der Waals surface area contributed by atoms with Crippen LogP contribution in [0.25, 0.3) is 0 Å². The van der Waals surface area contributed by atoms with Crippen molar-refractivity contribution in [3.05, 3.63) is 24.3 Å². The Bertz CT molecular complexity index is 282. The first kappa shape index (κ1) is 10.5. The lowest BCUT2D eigenvalue weighted by Crippen LogP contribution is -2.35. The van der Waals surface area contributed by atoms with Gasteiger partial charge in [-0.25, -0.2) is 0 Å². The van der Waals surface area contributed by atoms with Crippen molar-refractivity contribution in [2.45, 2.75) is 38.1 Å². The third-order valence-electron chi connectivity index (χ3n) is 3.20. The molecule has 0 spiro atoms. The summed E-state index contributed by atoms with van der Waals surface area (Å²) in [5, 5.41) is 0. The number of hydrazine groups is 1. The highest BCUT2D eigenvalue weighted by atomic mass is 15.2. The minimum atomic E-state index is 0.166. The second-order valence-electron chi connectivity index (χ2n) is 4.17. The third kappa shape index (κ3) is 2.52. The molecular formula is C11H18N4. The minimum Gasteiger partial charge on any atom is -0.271 e. The number of aromatic nitrogens is 2. The molecular weight excluding hydrogens is 188 g/mol. The maximum atomic E-state index is 5.62. The molecule has 2 rings (SSSR count). The van der Waals surface area contributed by atoms with E-state index < -0.39 is 0 Å². The molecule has 1 heterocycles. The van der Waals surface area contributed by atoms with Gasteiger partial charge in [0, 0.05) is 12.4 Å². The summed E-state index contributed by atoms with van der Waals surface area (Å²) in [6.45, 7) is 0. The minimum absolute atomic E-state index is 0.166. The van der Waals surface area contributed by atoms with Crippen LogP contribution in [0.3, 0.4) is 0 Å². The van der Waals surface area contributed by atoms with E-state index in [0.29, 0.717) is 5.92 Å². The second kappa shape index (κ2) is 5.19. The van der Waals surface area contributed by atoms with Gasteiger partial charge in [0.25, 0.3) is 0 Å². The standard InChI is InChI=1S/C11H18N4/c12-15-11(9-4-2-1-3-5-9)10-8-13-6-7-14-10/h6-9,11,15H,1-5,12H2. The molecule has 1 unspecified atom stereocenters. The number of hydrogen-bond acceptors (Lipinski definition) is 4. The number of nitrogens with two attached hydrogens (primary N) is 1. The SMILES string of the molecule is NNC(c1cnccn1)C1CCCCC1. The van der Waals surface area contributed by atoms with E-state index in [1.54, 1.807) is 18.6 Å². The van der Waals surface area contributed by atoms with Gasteiger partial charge in [0.1, 0.15) is 0 Å². The van der Waals surface area contributed by atoms with Gasteiger partial charge in [0.15, 0.2) is 0 Å². The molecule has 3 N–H and O–H groups in total. The van der Waals surface area contributed by atoms with E-state index in [9.17, 15) is 0 Å². The molecule has 1 saturated carbocycles. The zero-order chi connectivity index (χ0) is 10.5. The maximum absolute atomic E-state index is 5.62. The van der Waals surface area contributed by atoms with Crippen LogP contribution in [0.4, 0.5) is 0 Å². The van der Waals surface area contributed by atoms with E-state index in [1.807, 2.05) is 0 Å². The Labute approximate surface area is 90.3 Å². The largest absolute Gasteiger partial charge is 0.271 e. The Morgan fingerprint density at radius 3 is 2.67 bits per heavy atom. The van der Waals surface area contributed by atoms with E-state index in [2.05, 4.69) is 15.4 Å². The summed E-state index contributed by atoms with van der Waals surface area (Å²) in [7, 11) is 0. The van der Waals surface area contributed by atoms with Gasteiger partial charge in [-0.1, -0.05) is 19.3 Å². The summed E-state index contributed by atoms with van der Waals surface area (Å²) in [6.07, 6.45) is 11.7. The van der Waals surface area contributed by atoms with Gasteiger partial charge in [-0.05, 0) is 18.8 Å². The maximum Gasteiger partial charge on any atom is 0.0772 e. The molecule has 1 aliphatic rings. The fourth-order valence-electron chi connectivity index (χ4n) is 2.40. The van der Waals surface area contributed by atoms with Crippen molar-refractivity contribution in [3.8, 4) is 0 Å². The fraction of sp³-hybridized carbons (Fsp3) is 0.636. The second-order valence-corrected chi connectivity index (χ2v) is 4.17. The first-order chi connectivity index (χ1) is 7.42. The molecule has 0 aromatic carbocycles. The highest BCUT2D eigenvalue weighted by molar-refractivity contribution is 5.04. The smallest absolute Gasteiger partial charge is 0.0772 e. The first-order valence-electron chi connectivity index (χ1n) is 5.64. The predicted octanol–water partition coefficient (Wildman–Crippen LogP) is 1.56. The Morgan fingerprint density at radius 1 is 1.27 bits per heavy atom. The summed E-state index contributed by atoms with van der Waals surface area (Å²) < 4.78 is 0. The zero-order valence-corrected chi connectivity index (χ0v) is 8.89. The van der Waals surface area contributed by atoms with Crippen LogP contribution in [0.1, 0.15) is 43.8 Å². The third-order valence-corrected chi connectivity index (χ3v) is 3.20. The van der Waals surface area contributed by atoms with Crippen LogP contribution in [0.2, 0.25) is 0 Å². The summed E-state index contributed by atoms with van der Waals surface area (Å²) in [6, 6.07) is 0.166. The molecule has 0 bridgehead atoms. The van der Waals surface area contributed by atoms with Crippen molar-refractivity contribution in [2.75, 3.05) is 0 Å². The number of nitrogens with zero attached hydrogens (tertiary/aromatic N) is 2. The summed E-state index contributed by atoms with van der Waals surface area (Å²) in [5.41, 5.74) is 3.85. The Kier molecular flexibility index (Phi) is 3.64. The van der Waals surface area contributed by atoms with Gasteiger partial charge >= 0.3 is 0 Å². The molecule has 1 aliphatic carbocycles. The molecule has 0 amide bonds. The van der Waals surface area contributed by atoms with Crippen molar-refractivity contribution >= 4 is 0 Å². The molecule has 1 atom stereocenters. The van der Waals surface area contributed by atoms with E-state index in [4.69, 9.17) is 5.84 Å². The molecule has 82 valence electrons. The Hall–Kier alpha value is -1.00. The van der Waals surface area contributed by atoms with Crippen LogP contribution in [0, 0.1) is 5.92 Å². The van der Waals surface area contributed by atoms with E-state index in [0.717, 1.165) is 5.69 Å². The number of nitrogens with one attached hydrogen (secondary N) is 1. The van der Waals surface area contributed by atoms with Gasteiger partial charge < -0.3 is 0 Å². The van der Waals surface area contributed by atoms with Crippen molar-refractivity contribution in [1.82, 2.24) is 15.4 Å².